The summed E-state index contributed by atoms with van der Waals surface area (Å²) in [7, 11) is 0. The van der Waals surface area contributed by atoms with E-state index in [0.717, 1.165) is 22.2 Å². The molecule has 13 heavy (non-hydrogen) atoms. The summed E-state index contributed by atoms with van der Waals surface area (Å²) in [6, 6.07) is 2.06. The number of nitrogens with zero attached hydrogens (tertiary/aromatic N) is 3. The van der Waals surface area contributed by atoms with Gasteiger partial charge in [-0.15, -0.1) is 0 Å². The number of halogens is 1. The van der Waals surface area contributed by atoms with Crippen LogP contribution in [0.25, 0.3) is 5.65 Å². The molecule has 0 amide bonds. The second-order valence-electron chi connectivity index (χ2n) is 2.97. The van der Waals surface area contributed by atoms with Crippen LogP contribution in [0.1, 0.15) is 18.3 Å². The van der Waals surface area contributed by atoms with Crippen LogP contribution in [0.5, 0.6) is 0 Å². The number of fused-ring (bicyclic) bond motifs is 1. The molecule has 0 fully saturated rings. The summed E-state index contributed by atoms with van der Waals surface area (Å²) in [6.07, 6.45) is 2.74. The molecule has 0 aliphatic rings. The van der Waals surface area contributed by atoms with E-state index in [9.17, 15) is 0 Å². The minimum absolute atomic E-state index is 0.900. The molecular weight excluding hydrogens is 230 g/mol. The van der Waals surface area contributed by atoms with Gasteiger partial charge >= 0.3 is 0 Å². The summed E-state index contributed by atoms with van der Waals surface area (Å²) in [4.78, 5) is 4.40. The first kappa shape index (κ1) is 8.69. The quantitative estimate of drug-likeness (QED) is 0.765. The molecule has 0 radical (unpaired) electrons. The summed E-state index contributed by atoms with van der Waals surface area (Å²) < 4.78 is 2.82. The normalized spacial score (nSPS) is 11.0. The largest absolute Gasteiger partial charge is 0.233 e. The van der Waals surface area contributed by atoms with Crippen molar-refractivity contribution in [2.45, 2.75) is 20.3 Å². The van der Waals surface area contributed by atoms with Crippen LogP contribution in [0.2, 0.25) is 0 Å². The molecule has 0 unspecified atom stereocenters. The molecule has 0 spiro atoms. The fourth-order valence-corrected chi connectivity index (χ4v) is 1.73. The molecular formula is C9H10BrN3. The van der Waals surface area contributed by atoms with Gasteiger partial charge in [-0.2, -0.15) is 5.10 Å². The van der Waals surface area contributed by atoms with Crippen LogP contribution in [0.4, 0.5) is 0 Å². The summed E-state index contributed by atoms with van der Waals surface area (Å²) >= 11 is 3.42. The van der Waals surface area contributed by atoms with Crippen LogP contribution in [0.15, 0.2) is 16.7 Å². The van der Waals surface area contributed by atoms with E-state index in [1.54, 1.807) is 6.20 Å². The second-order valence-corrected chi connectivity index (χ2v) is 3.82. The molecule has 0 aliphatic heterocycles. The molecule has 2 aromatic heterocycles. The third-order valence-corrected chi connectivity index (χ3v) is 2.55. The highest BCUT2D eigenvalue weighted by Crippen LogP contribution is 2.17. The highest BCUT2D eigenvalue weighted by Gasteiger charge is 2.06. The van der Waals surface area contributed by atoms with Crippen molar-refractivity contribution in [1.82, 2.24) is 14.6 Å². The van der Waals surface area contributed by atoms with Gasteiger partial charge in [0, 0.05) is 11.4 Å². The maximum Gasteiger partial charge on any atom is 0.169 e. The Morgan fingerprint density at radius 3 is 3.00 bits per heavy atom. The fourth-order valence-electron chi connectivity index (χ4n) is 1.39. The van der Waals surface area contributed by atoms with Crippen LogP contribution >= 0.6 is 15.9 Å². The average molecular weight is 240 g/mol. The first-order chi connectivity index (χ1) is 6.22. The van der Waals surface area contributed by atoms with E-state index in [0.29, 0.717) is 0 Å². The molecule has 0 N–H and O–H groups in total. The molecule has 2 rings (SSSR count). The van der Waals surface area contributed by atoms with Crippen molar-refractivity contribution in [1.29, 1.82) is 0 Å². The Balaban J connectivity index is 2.84. The van der Waals surface area contributed by atoms with Gasteiger partial charge in [0.2, 0.25) is 0 Å². The maximum atomic E-state index is 4.40. The van der Waals surface area contributed by atoms with E-state index in [1.165, 1.54) is 5.69 Å². The van der Waals surface area contributed by atoms with Crippen molar-refractivity contribution < 1.29 is 0 Å². The smallest absolute Gasteiger partial charge is 0.169 e. The first-order valence-corrected chi connectivity index (χ1v) is 5.01. The van der Waals surface area contributed by atoms with Gasteiger partial charge in [-0.3, -0.25) is 0 Å². The van der Waals surface area contributed by atoms with Crippen LogP contribution in [-0.2, 0) is 6.42 Å². The van der Waals surface area contributed by atoms with Gasteiger partial charge in [-0.1, -0.05) is 6.92 Å². The summed E-state index contributed by atoms with van der Waals surface area (Å²) in [5, 5.41) is 4.24. The topological polar surface area (TPSA) is 30.2 Å². The summed E-state index contributed by atoms with van der Waals surface area (Å²) in [6.45, 7) is 4.11. The SMILES string of the molecule is CCc1cc(C)nc2c(Br)cnn12. The third kappa shape index (κ3) is 1.35. The summed E-state index contributed by atoms with van der Waals surface area (Å²) in [5.74, 6) is 0. The number of hydrogen-bond acceptors (Lipinski definition) is 2. The van der Waals surface area contributed by atoms with Crippen LogP contribution < -0.4 is 0 Å². The highest BCUT2D eigenvalue weighted by molar-refractivity contribution is 9.10. The van der Waals surface area contributed by atoms with E-state index in [-0.39, 0.29) is 0 Å². The number of hydrogen-bond donors (Lipinski definition) is 0. The standard InChI is InChI=1S/C9H10BrN3/c1-3-7-4-6(2)12-9-8(10)5-11-13(7)9/h4-5H,3H2,1-2H3. The predicted octanol–water partition coefficient (Wildman–Crippen LogP) is 2.36. The van der Waals surface area contributed by atoms with Crippen molar-refractivity contribution in [3.63, 3.8) is 0 Å². The van der Waals surface area contributed by atoms with Crippen LogP contribution in [-0.4, -0.2) is 14.6 Å². The Morgan fingerprint density at radius 2 is 2.31 bits per heavy atom. The minimum Gasteiger partial charge on any atom is -0.233 e. The van der Waals surface area contributed by atoms with E-state index in [4.69, 9.17) is 0 Å². The molecule has 0 saturated heterocycles. The Labute approximate surface area is 84.9 Å². The Hall–Kier alpha value is -0.900. The van der Waals surface area contributed by atoms with Gasteiger partial charge in [0.1, 0.15) is 0 Å². The number of rotatable bonds is 1. The van der Waals surface area contributed by atoms with E-state index in [2.05, 4.69) is 39.0 Å². The summed E-state index contributed by atoms with van der Waals surface area (Å²) in [5.41, 5.74) is 3.12. The lowest BCUT2D eigenvalue weighted by Gasteiger charge is -2.02. The van der Waals surface area contributed by atoms with E-state index < -0.39 is 0 Å². The predicted molar refractivity (Wildman–Crippen MR) is 54.8 cm³/mol. The zero-order valence-corrected chi connectivity index (χ0v) is 9.17. The number of aromatic nitrogens is 3. The lowest BCUT2D eigenvalue weighted by molar-refractivity contribution is 0.842. The Kier molecular flexibility index (Phi) is 2.07. The van der Waals surface area contributed by atoms with Gasteiger partial charge in [0.15, 0.2) is 5.65 Å². The second kappa shape index (κ2) is 3.10. The van der Waals surface area contributed by atoms with Gasteiger partial charge in [-0.25, -0.2) is 9.50 Å². The van der Waals surface area contributed by atoms with Crippen molar-refractivity contribution in [2.75, 3.05) is 0 Å². The molecule has 2 aromatic rings. The molecule has 0 atom stereocenters. The lowest BCUT2D eigenvalue weighted by Crippen LogP contribution is -2.00. The van der Waals surface area contributed by atoms with Crippen LogP contribution in [0.3, 0.4) is 0 Å². The molecule has 68 valence electrons. The Bertz CT molecular complexity index is 447. The molecule has 2 heterocycles. The fraction of sp³-hybridized carbons (Fsp3) is 0.333. The van der Waals surface area contributed by atoms with E-state index >= 15 is 0 Å². The van der Waals surface area contributed by atoms with Crippen LogP contribution in [0, 0.1) is 6.92 Å². The molecule has 4 heteroatoms. The first-order valence-electron chi connectivity index (χ1n) is 4.22. The third-order valence-electron chi connectivity index (χ3n) is 1.99. The number of aryl methyl sites for hydroxylation is 2. The maximum absolute atomic E-state index is 4.40. The Morgan fingerprint density at radius 1 is 1.54 bits per heavy atom. The zero-order valence-electron chi connectivity index (χ0n) is 7.58. The molecule has 0 aliphatic carbocycles. The molecule has 0 saturated carbocycles. The van der Waals surface area contributed by atoms with Crippen molar-refractivity contribution in [3.05, 3.63) is 28.1 Å². The zero-order chi connectivity index (χ0) is 9.42. The molecule has 3 nitrogen and oxygen atoms in total. The minimum atomic E-state index is 0.900. The molecule has 0 aromatic carbocycles. The monoisotopic (exact) mass is 239 g/mol. The van der Waals surface area contributed by atoms with E-state index in [1.807, 2.05) is 11.4 Å². The van der Waals surface area contributed by atoms with Gasteiger partial charge in [0.05, 0.1) is 10.7 Å². The lowest BCUT2D eigenvalue weighted by atomic mass is 10.3. The van der Waals surface area contributed by atoms with Crippen molar-refractivity contribution in [2.24, 2.45) is 0 Å². The average Bonchev–Trinajstić information content (AvgIpc) is 2.47. The van der Waals surface area contributed by atoms with Gasteiger partial charge < -0.3 is 0 Å². The van der Waals surface area contributed by atoms with Crippen molar-refractivity contribution >= 4 is 21.6 Å². The highest BCUT2D eigenvalue weighted by atomic mass is 79.9. The van der Waals surface area contributed by atoms with Crippen molar-refractivity contribution in [3.8, 4) is 0 Å². The van der Waals surface area contributed by atoms with Gasteiger partial charge in [0.25, 0.3) is 0 Å². The molecule has 0 bridgehead atoms. The van der Waals surface area contributed by atoms with Gasteiger partial charge in [-0.05, 0) is 35.3 Å².